The smallest absolute Gasteiger partial charge is 0.238 e. The number of hydrogen-bond acceptors (Lipinski definition) is 8. The van der Waals surface area contributed by atoms with Gasteiger partial charge in [0.25, 0.3) is 0 Å². The maximum atomic E-state index is 12.1. The number of nitrogens with one attached hydrogen (secondary N) is 2. The lowest BCUT2D eigenvalue weighted by Gasteiger charge is -2.07. The van der Waals surface area contributed by atoms with Crippen LogP contribution in [0.5, 0.6) is 0 Å². The second kappa shape index (κ2) is 9.09. The summed E-state index contributed by atoms with van der Waals surface area (Å²) in [5, 5.41) is 20.2. The molecule has 0 fully saturated rings. The highest BCUT2D eigenvalue weighted by Gasteiger charge is 2.12. The van der Waals surface area contributed by atoms with E-state index >= 15 is 0 Å². The lowest BCUT2D eigenvalue weighted by Crippen LogP contribution is -2.16. The molecule has 0 spiro atoms. The van der Waals surface area contributed by atoms with Crippen LogP contribution in [-0.2, 0) is 14.8 Å². The van der Waals surface area contributed by atoms with Crippen LogP contribution in [0.4, 0.5) is 16.5 Å². The number of rotatable bonds is 7. The van der Waals surface area contributed by atoms with Gasteiger partial charge >= 0.3 is 0 Å². The maximum absolute atomic E-state index is 12.1. The summed E-state index contributed by atoms with van der Waals surface area (Å²) in [6.45, 7) is 1.90. The van der Waals surface area contributed by atoms with E-state index in [0.717, 1.165) is 11.3 Å². The van der Waals surface area contributed by atoms with E-state index in [2.05, 4.69) is 20.8 Å². The molecule has 3 rings (SSSR count). The van der Waals surface area contributed by atoms with Crippen LogP contribution >= 0.6 is 34.7 Å². The third kappa shape index (κ3) is 5.90. The van der Waals surface area contributed by atoms with Gasteiger partial charge in [-0.05, 0) is 42.8 Å². The van der Waals surface area contributed by atoms with E-state index in [-0.39, 0.29) is 16.6 Å². The van der Waals surface area contributed by atoms with Crippen molar-refractivity contribution in [2.45, 2.75) is 16.2 Å². The van der Waals surface area contributed by atoms with Crippen molar-refractivity contribution in [3.05, 3.63) is 53.1 Å². The number of carbonyl (C=O) groups is 1. The molecular formula is C17H16ClN5O3S3. The highest BCUT2D eigenvalue weighted by atomic mass is 35.5. The third-order valence-electron chi connectivity index (χ3n) is 3.69. The van der Waals surface area contributed by atoms with Gasteiger partial charge in [-0.15, -0.1) is 10.2 Å². The molecule has 12 heteroatoms. The highest BCUT2D eigenvalue weighted by molar-refractivity contribution is 8.01. The summed E-state index contributed by atoms with van der Waals surface area (Å²) in [6.07, 6.45) is 0. The Kier molecular flexibility index (Phi) is 6.75. The predicted molar refractivity (Wildman–Crippen MR) is 117 cm³/mol. The van der Waals surface area contributed by atoms with Crippen LogP contribution in [0.15, 0.2) is 51.7 Å². The van der Waals surface area contributed by atoms with Crippen LogP contribution in [0.3, 0.4) is 0 Å². The fourth-order valence-electron chi connectivity index (χ4n) is 2.25. The average Bonchev–Trinajstić information content (AvgIpc) is 3.11. The van der Waals surface area contributed by atoms with E-state index in [0.29, 0.717) is 20.2 Å². The van der Waals surface area contributed by atoms with E-state index < -0.39 is 10.0 Å². The van der Waals surface area contributed by atoms with Crippen LogP contribution in [0.2, 0.25) is 5.02 Å². The van der Waals surface area contributed by atoms with E-state index in [9.17, 15) is 13.2 Å². The minimum atomic E-state index is -3.83. The minimum Gasteiger partial charge on any atom is -0.330 e. The first-order valence-corrected chi connectivity index (χ1v) is 11.9. The molecule has 29 heavy (non-hydrogen) atoms. The van der Waals surface area contributed by atoms with Crippen molar-refractivity contribution in [1.82, 2.24) is 10.2 Å². The Hall–Kier alpha value is -2.18. The number of primary sulfonamides is 1. The lowest BCUT2D eigenvalue weighted by atomic mass is 10.2. The van der Waals surface area contributed by atoms with E-state index in [1.807, 2.05) is 19.1 Å². The van der Waals surface area contributed by atoms with Crippen LogP contribution in [-0.4, -0.2) is 30.3 Å². The molecule has 1 aromatic heterocycles. The van der Waals surface area contributed by atoms with Crippen LogP contribution in [0, 0.1) is 6.92 Å². The maximum Gasteiger partial charge on any atom is 0.238 e. The fraction of sp³-hybridized carbons (Fsp3) is 0.118. The lowest BCUT2D eigenvalue weighted by molar-refractivity contribution is -0.113. The standard InChI is InChI=1S/C17H16ClN5O3S3/c1-10-13(18)6-3-7-14(10)21-16-22-23-17(28-16)27-9-15(24)20-11-4-2-5-12(8-11)29(19,25)26/h2-8H,9H2,1H3,(H,20,24)(H,21,22)(H2,19,25,26). The molecule has 0 radical (unpaired) electrons. The molecule has 0 aliphatic heterocycles. The molecule has 8 nitrogen and oxygen atoms in total. The summed E-state index contributed by atoms with van der Waals surface area (Å²) in [5.74, 6) is -0.221. The average molecular weight is 470 g/mol. The molecule has 1 heterocycles. The summed E-state index contributed by atoms with van der Waals surface area (Å²) in [6, 6.07) is 11.3. The van der Waals surface area contributed by atoms with Gasteiger partial charge in [-0.2, -0.15) is 0 Å². The van der Waals surface area contributed by atoms with Gasteiger partial charge in [0.15, 0.2) is 4.34 Å². The van der Waals surface area contributed by atoms with Crippen molar-refractivity contribution in [1.29, 1.82) is 0 Å². The van der Waals surface area contributed by atoms with Gasteiger partial charge in [0.1, 0.15) is 0 Å². The second-order valence-corrected chi connectivity index (χ2v) is 9.99. The number of nitrogens with zero attached hydrogens (tertiary/aromatic N) is 2. The number of nitrogens with two attached hydrogens (primary N) is 1. The molecule has 152 valence electrons. The molecule has 4 N–H and O–H groups in total. The zero-order chi connectivity index (χ0) is 21.0. The Morgan fingerprint density at radius 2 is 2.00 bits per heavy atom. The largest absolute Gasteiger partial charge is 0.330 e. The van der Waals surface area contributed by atoms with Crippen LogP contribution < -0.4 is 15.8 Å². The van der Waals surface area contributed by atoms with Gasteiger partial charge in [-0.3, -0.25) is 4.79 Å². The second-order valence-electron chi connectivity index (χ2n) is 5.82. The molecule has 3 aromatic rings. The monoisotopic (exact) mass is 469 g/mol. The van der Waals surface area contributed by atoms with Gasteiger partial charge < -0.3 is 10.6 Å². The normalized spacial score (nSPS) is 11.3. The zero-order valence-electron chi connectivity index (χ0n) is 15.0. The Balaban J connectivity index is 1.57. The topological polar surface area (TPSA) is 127 Å². The van der Waals surface area contributed by atoms with Crippen LogP contribution in [0.1, 0.15) is 5.56 Å². The summed E-state index contributed by atoms with van der Waals surface area (Å²) >= 11 is 8.64. The number of aromatic nitrogens is 2. The molecule has 0 saturated carbocycles. The molecule has 0 bridgehead atoms. The number of carbonyl (C=O) groups excluding carboxylic acids is 1. The Bertz CT molecular complexity index is 1150. The van der Waals surface area contributed by atoms with Crippen molar-refractivity contribution in [2.75, 3.05) is 16.4 Å². The van der Waals surface area contributed by atoms with Gasteiger partial charge in [-0.1, -0.05) is 46.8 Å². The van der Waals surface area contributed by atoms with Crippen molar-refractivity contribution in [3.63, 3.8) is 0 Å². The molecule has 0 aliphatic rings. The number of thioether (sulfide) groups is 1. The number of benzene rings is 2. The predicted octanol–water partition coefficient (Wildman–Crippen LogP) is 3.62. The molecule has 2 aromatic carbocycles. The first-order valence-electron chi connectivity index (χ1n) is 8.13. The first kappa shape index (κ1) is 21.5. The first-order chi connectivity index (χ1) is 13.7. The zero-order valence-corrected chi connectivity index (χ0v) is 18.3. The number of halogens is 1. The quantitative estimate of drug-likeness (QED) is 0.451. The summed E-state index contributed by atoms with van der Waals surface area (Å²) in [4.78, 5) is 12.1. The molecule has 0 saturated heterocycles. The van der Waals surface area contributed by atoms with E-state index in [1.165, 1.54) is 41.3 Å². The number of anilines is 3. The Labute approximate surface area is 180 Å². The summed E-state index contributed by atoms with van der Waals surface area (Å²) in [7, 11) is -3.83. The third-order valence-corrected chi connectivity index (χ3v) is 6.98. The highest BCUT2D eigenvalue weighted by Crippen LogP contribution is 2.30. The molecule has 0 aliphatic carbocycles. The number of hydrogen-bond donors (Lipinski definition) is 3. The molecule has 0 unspecified atom stereocenters. The summed E-state index contributed by atoms with van der Waals surface area (Å²) < 4.78 is 23.4. The Morgan fingerprint density at radius 1 is 1.24 bits per heavy atom. The molecule has 0 atom stereocenters. The minimum absolute atomic E-state index is 0.0703. The SMILES string of the molecule is Cc1c(Cl)cccc1Nc1nnc(SCC(=O)Nc2cccc(S(N)(=O)=O)c2)s1. The van der Waals surface area contributed by atoms with Crippen molar-refractivity contribution >= 4 is 67.1 Å². The Morgan fingerprint density at radius 3 is 2.76 bits per heavy atom. The van der Waals surface area contributed by atoms with Gasteiger partial charge in [0, 0.05) is 16.4 Å². The van der Waals surface area contributed by atoms with Crippen LogP contribution in [0.25, 0.3) is 0 Å². The van der Waals surface area contributed by atoms with Crippen molar-refractivity contribution < 1.29 is 13.2 Å². The van der Waals surface area contributed by atoms with Crippen molar-refractivity contribution in [2.24, 2.45) is 5.14 Å². The number of amides is 1. The van der Waals surface area contributed by atoms with E-state index in [1.54, 1.807) is 12.1 Å². The van der Waals surface area contributed by atoms with Gasteiger partial charge in [-0.25, -0.2) is 13.6 Å². The number of sulfonamides is 1. The summed E-state index contributed by atoms with van der Waals surface area (Å²) in [5.41, 5.74) is 2.08. The van der Waals surface area contributed by atoms with E-state index in [4.69, 9.17) is 16.7 Å². The molecular weight excluding hydrogens is 454 g/mol. The van der Waals surface area contributed by atoms with Crippen molar-refractivity contribution in [3.8, 4) is 0 Å². The molecule has 1 amide bonds. The van der Waals surface area contributed by atoms with Gasteiger partial charge in [0.2, 0.25) is 21.1 Å². The van der Waals surface area contributed by atoms with Gasteiger partial charge in [0.05, 0.1) is 10.6 Å². The fourth-order valence-corrected chi connectivity index (χ4v) is 4.55.